The van der Waals surface area contributed by atoms with Gasteiger partial charge in [0.1, 0.15) is 0 Å². The van der Waals surface area contributed by atoms with Gasteiger partial charge in [0.15, 0.2) is 0 Å². The summed E-state index contributed by atoms with van der Waals surface area (Å²) in [7, 11) is 2.10. The normalized spacial score (nSPS) is 16.4. The van der Waals surface area contributed by atoms with Crippen LogP contribution in [0.1, 0.15) is 30.1 Å². The number of benzene rings is 1. The zero-order chi connectivity index (χ0) is 14.0. The van der Waals surface area contributed by atoms with Gasteiger partial charge in [0.05, 0.1) is 0 Å². The van der Waals surface area contributed by atoms with Crippen LogP contribution >= 0.6 is 11.6 Å². The topological polar surface area (TPSA) is 58.4 Å². The minimum atomic E-state index is -0.134. The van der Waals surface area contributed by atoms with Gasteiger partial charge in [0.25, 0.3) is 5.91 Å². The molecule has 0 aliphatic heterocycles. The molecule has 1 aliphatic rings. The van der Waals surface area contributed by atoms with Crippen LogP contribution in [-0.2, 0) is 0 Å². The molecule has 1 aliphatic carbocycles. The third kappa shape index (κ3) is 3.85. The molecule has 104 valence electrons. The molecule has 1 amide bonds. The Hall–Kier alpha value is -1.26. The number of carbonyl (C=O) groups is 1. The summed E-state index contributed by atoms with van der Waals surface area (Å²) in [6, 6.07) is 5.91. The molecule has 0 spiro atoms. The molecule has 3 N–H and O–H groups in total. The first kappa shape index (κ1) is 14.2. The summed E-state index contributed by atoms with van der Waals surface area (Å²) in [5, 5.41) is 3.40. The first-order valence-electron chi connectivity index (χ1n) is 6.53. The summed E-state index contributed by atoms with van der Waals surface area (Å²) >= 11 is 5.89. The zero-order valence-electron chi connectivity index (χ0n) is 11.3. The van der Waals surface area contributed by atoms with Crippen LogP contribution in [0.5, 0.6) is 0 Å². The van der Waals surface area contributed by atoms with Gasteiger partial charge >= 0.3 is 0 Å². The molecule has 0 aromatic heterocycles. The van der Waals surface area contributed by atoms with E-state index >= 15 is 0 Å². The number of anilines is 1. The maximum Gasteiger partial charge on any atom is 0.251 e. The maximum atomic E-state index is 12.0. The second-order valence-corrected chi connectivity index (χ2v) is 5.67. The Morgan fingerprint density at radius 3 is 2.79 bits per heavy atom. The number of carbonyl (C=O) groups excluding carboxylic acids is 1. The number of likely N-dealkylation sites (N-methyl/N-ethyl adjacent to an activating group) is 1. The molecule has 0 radical (unpaired) electrons. The molecular weight excluding hydrogens is 262 g/mol. The Morgan fingerprint density at radius 1 is 1.53 bits per heavy atom. The highest BCUT2D eigenvalue weighted by Crippen LogP contribution is 2.26. The summed E-state index contributed by atoms with van der Waals surface area (Å²) in [5.41, 5.74) is 6.68. The SMILES string of the molecule is CC(CNC(=O)c1cc(N)cc(Cl)c1)N(C)C1CC1. The molecule has 1 aromatic carbocycles. The largest absolute Gasteiger partial charge is 0.399 e. The Labute approximate surface area is 118 Å². The van der Waals surface area contributed by atoms with Crippen LogP contribution in [0.3, 0.4) is 0 Å². The molecular formula is C14H20ClN3O. The molecule has 5 heteroatoms. The van der Waals surface area contributed by atoms with Crippen molar-refractivity contribution in [3.8, 4) is 0 Å². The molecule has 1 atom stereocenters. The second-order valence-electron chi connectivity index (χ2n) is 5.23. The van der Waals surface area contributed by atoms with Crippen molar-refractivity contribution in [2.75, 3.05) is 19.3 Å². The molecule has 0 heterocycles. The molecule has 0 saturated heterocycles. The van der Waals surface area contributed by atoms with E-state index in [-0.39, 0.29) is 5.91 Å². The first-order valence-corrected chi connectivity index (χ1v) is 6.91. The smallest absolute Gasteiger partial charge is 0.251 e. The number of nitrogens with two attached hydrogens (primary N) is 1. The quantitative estimate of drug-likeness (QED) is 0.813. The predicted octanol–water partition coefficient (Wildman–Crippen LogP) is 2.13. The highest BCUT2D eigenvalue weighted by Gasteiger charge is 2.29. The lowest BCUT2D eigenvalue weighted by Gasteiger charge is -2.24. The number of nitrogens with one attached hydrogen (secondary N) is 1. The van der Waals surface area contributed by atoms with Gasteiger partial charge in [-0.2, -0.15) is 0 Å². The fourth-order valence-electron chi connectivity index (χ4n) is 2.07. The number of hydrogen-bond acceptors (Lipinski definition) is 3. The number of halogens is 1. The van der Waals surface area contributed by atoms with Crippen LogP contribution in [0.2, 0.25) is 5.02 Å². The first-order chi connectivity index (χ1) is 8.97. The third-order valence-electron chi connectivity index (χ3n) is 3.56. The van der Waals surface area contributed by atoms with E-state index in [4.69, 9.17) is 17.3 Å². The van der Waals surface area contributed by atoms with Gasteiger partial charge in [0, 0.05) is 34.9 Å². The number of rotatable bonds is 5. The molecule has 1 aromatic rings. The van der Waals surface area contributed by atoms with Crippen molar-refractivity contribution in [3.63, 3.8) is 0 Å². The Bertz CT molecular complexity index is 454. The van der Waals surface area contributed by atoms with Gasteiger partial charge in [-0.1, -0.05) is 11.6 Å². The van der Waals surface area contributed by atoms with Gasteiger partial charge in [-0.05, 0) is 45.0 Å². The average Bonchev–Trinajstić information content (AvgIpc) is 3.17. The molecule has 2 rings (SSSR count). The number of nitrogens with zero attached hydrogens (tertiary/aromatic N) is 1. The lowest BCUT2D eigenvalue weighted by atomic mass is 10.2. The van der Waals surface area contributed by atoms with Gasteiger partial charge < -0.3 is 11.1 Å². The Morgan fingerprint density at radius 2 is 2.21 bits per heavy atom. The summed E-state index contributed by atoms with van der Waals surface area (Å²) in [5.74, 6) is -0.134. The Kier molecular flexibility index (Phi) is 4.32. The van der Waals surface area contributed by atoms with Crippen LogP contribution in [-0.4, -0.2) is 36.5 Å². The van der Waals surface area contributed by atoms with Crippen LogP contribution in [0, 0.1) is 0 Å². The van der Waals surface area contributed by atoms with Gasteiger partial charge in [-0.15, -0.1) is 0 Å². The highest BCUT2D eigenvalue weighted by atomic mass is 35.5. The van der Waals surface area contributed by atoms with Crippen molar-refractivity contribution < 1.29 is 4.79 Å². The van der Waals surface area contributed by atoms with E-state index < -0.39 is 0 Å². The number of amides is 1. The van der Waals surface area contributed by atoms with E-state index in [9.17, 15) is 4.79 Å². The third-order valence-corrected chi connectivity index (χ3v) is 3.78. The van der Waals surface area contributed by atoms with Crippen LogP contribution in [0.25, 0.3) is 0 Å². The average molecular weight is 282 g/mol. The van der Waals surface area contributed by atoms with E-state index in [1.165, 1.54) is 12.8 Å². The van der Waals surface area contributed by atoms with Crippen molar-refractivity contribution >= 4 is 23.2 Å². The summed E-state index contributed by atoms with van der Waals surface area (Å²) in [6.07, 6.45) is 2.53. The standard InChI is InChI=1S/C14H20ClN3O/c1-9(18(2)13-3-4-13)8-17-14(19)10-5-11(15)7-12(16)6-10/h5-7,9,13H,3-4,8,16H2,1-2H3,(H,17,19). The molecule has 1 fully saturated rings. The molecule has 0 bridgehead atoms. The lowest BCUT2D eigenvalue weighted by Crippen LogP contribution is -2.41. The fraction of sp³-hybridized carbons (Fsp3) is 0.500. The predicted molar refractivity (Wildman–Crippen MR) is 78.4 cm³/mol. The van der Waals surface area contributed by atoms with Crippen molar-refractivity contribution in [2.24, 2.45) is 0 Å². The van der Waals surface area contributed by atoms with Crippen molar-refractivity contribution in [2.45, 2.75) is 31.8 Å². The van der Waals surface area contributed by atoms with Gasteiger partial charge in [-0.25, -0.2) is 0 Å². The van der Waals surface area contributed by atoms with E-state index in [1.807, 2.05) is 0 Å². The van der Waals surface area contributed by atoms with E-state index in [0.717, 1.165) is 0 Å². The van der Waals surface area contributed by atoms with E-state index in [2.05, 4.69) is 24.2 Å². The van der Waals surface area contributed by atoms with Crippen molar-refractivity contribution in [1.29, 1.82) is 0 Å². The zero-order valence-corrected chi connectivity index (χ0v) is 12.1. The van der Waals surface area contributed by atoms with Gasteiger partial charge in [0.2, 0.25) is 0 Å². The van der Waals surface area contributed by atoms with Gasteiger partial charge in [-0.3, -0.25) is 9.69 Å². The van der Waals surface area contributed by atoms with Crippen LogP contribution in [0.15, 0.2) is 18.2 Å². The molecule has 4 nitrogen and oxygen atoms in total. The molecule has 1 unspecified atom stereocenters. The van der Waals surface area contributed by atoms with Crippen LogP contribution < -0.4 is 11.1 Å². The molecule has 1 saturated carbocycles. The highest BCUT2D eigenvalue weighted by molar-refractivity contribution is 6.31. The number of hydrogen-bond donors (Lipinski definition) is 2. The second kappa shape index (κ2) is 5.80. The van der Waals surface area contributed by atoms with Crippen molar-refractivity contribution in [1.82, 2.24) is 10.2 Å². The summed E-state index contributed by atoms with van der Waals surface area (Å²) in [4.78, 5) is 14.3. The number of nitrogen functional groups attached to an aromatic ring is 1. The lowest BCUT2D eigenvalue weighted by molar-refractivity contribution is 0.0939. The monoisotopic (exact) mass is 281 g/mol. The van der Waals surface area contributed by atoms with E-state index in [1.54, 1.807) is 18.2 Å². The van der Waals surface area contributed by atoms with Crippen LogP contribution in [0.4, 0.5) is 5.69 Å². The minimum Gasteiger partial charge on any atom is -0.399 e. The summed E-state index contributed by atoms with van der Waals surface area (Å²) < 4.78 is 0. The minimum absolute atomic E-state index is 0.134. The Balaban J connectivity index is 1.89. The molecule has 19 heavy (non-hydrogen) atoms. The van der Waals surface area contributed by atoms with E-state index in [0.29, 0.717) is 34.9 Å². The maximum absolute atomic E-state index is 12.0. The summed E-state index contributed by atoms with van der Waals surface area (Å²) in [6.45, 7) is 2.74. The van der Waals surface area contributed by atoms with Crippen molar-refractivity contribution in [3.05, 3.63) is 28.8 Å². The fourth-order valence-corrected chi connectivity index (χ4v) is 2.32.